The second kappa shape index (κ2) is 16.8. The summed E-state index contributed by atoms with van der Waals surface area (Å²) < 4.78 is 10.4. The molecule has 1 aliphatic rings. The van der Waals surface area contributed by atoms with Crippen LogP contribution in [0, 0.1) is 5.41 Å². The van der Waals surface area contributed by atoms with Crippen LogP contribution >= 0.6 is 15.9 Å². The Hall–Kier alpha value is -4.92. The third-order valence-corrected chi connectivity index (χ3v) is 7.40. The highest BCUT2D eigenvalue weighted by Crippen LogP contribution is 2.27. The number of primary amides is 1. The summed E-state index contributed by atoms with van der Waals surface area (Å²) in [5.41, 5.74) is 14.1. The van der Waals surface area contributed by atoms with Crippen LogP contribution in [0.5, 0.6) is 0 Å². The highest BCUT2D eigenvalue weighted by Gasteiger charge is 2.27. The number of rotatable bonds is 12. The minimum Gasteiger partial charge on any atom is -0.467 e. The zero-order chi connectivity index (χ0) is 32.9. The lowest BCUT2D eigenvalue weighted by Crippen LogP contribution is -2.49. The van der Waals surface area contributed by atoms with Gasteiger partial charge in [0.2, 0.25) is 5.91 Å². The lowest BCUT2D eigenvalue weighted by Gasteiger charge is -2.17. The smallest absolute Gasteiger partial charge is 0.407 e. The van der Waals surface area contributed by atoms with E-state index in [1.807, 2.05) is 31.2 Å². The molecule has 0 spiro atoms. The van der Waals surface area contributed by atoms with Crippen molar-refractivity contribution in [2.24, 2.45) is 16.6 Å². The fourth-order valence-electron chi connectivity index (χ4n) is 4.15. The second-order valence-corrected chi connectivity index (χ2v) is 10.7. The first kappa shape index (κ1) is 34.6. The van der Waals surface area contributed by atoms with Crippen molar-refractivity contribution in [3.63, 3.8) is 0 Å². The predicted octanol–water partition coefficient (Wildman–Crippen LogP) is 3.07. The molecule has 2 unspecified atom stereocenters. The second-order valence-electron chi connectivity index (χ2n) is 9.90. The molecule has 0 aliphatic carbocycles. The molecular weight excluding hydrogens is 650 g/mol. The van der Waals surface area contributed by atoms with E-state index in [0.717, 1.165) is 27.4 Å². The van der Waals surface area contributed by atoms with E-state index in [4.69, 9.17) is 26.5 Å². The summed E-state index contributed by atoms with van der Waals surface area (Å²) in [5.74, 6) is -1.55. The highest BCUT2D eigenvalue weighted by molar-refractivity contribution is 9.10. The SMILES string of the molecule is CCCCOC(=O)NC(CNC(=O)CC1CC(c2ccc(C(=N)N)cc2)=NO1)C(=O)OC.NC(=O)c1[nH]c2ccccc2c1Br. The molecule has 240 valence electrons. The van der Waals surface area contributed by atoms with Gasteiger partial charge in [0.25, 0.3) is 5.91 Å². The Morgan fingerprint density at radius 1 is 1.16 bits per heavy atom. The van der Waals surface area contributed by atoms with Crippen molar-refractivity contribution in [1.82, 2.24) is 15.6 Å². The molecule has 45 heavy (non-hydrogen) atoms. The molecule has 0 fully saturated rings. The van der Waals surface area contributed by atoms with Gasteiger partial charge in [-0.1, -0.05) is 61.0 Å². The van der Waals surface area contributed by atoms with Crippen molar-refractivity contribution in [2.45, 2.75) is 44.8 Å². The van der Waals surface area contributed by atoms with Crippen molar-refractivity contribution >= 4 is 62.3 Å². The molecule has 4 rings (SSSR count). The number of nitrogens with two attached hydrogens (primary N) is 2. The van der Waals surface area contributed by atoms with Crippen LogP contribution in [0.4, 0.5) is 4.79 Å². The van der Waals surface area contributed by atoms with E-state index < -0.39 is 30.1 Å². The van der Waals surface area contributed by atoms with Crippen LogP contribution in [0.2, 0.25) is 0 Å². The number of oxime groups is 1. The third kappa shape index (κ3) is 10.1. The molecule has 15 heteroatoms. The van der Waals surface area contributed by atoms with Crippen LogP contribution in [0.25, 0.3) is 10.9 Å². The number of amides is 3. The highest BCUT2D eigenvalue weighted by atomic mass is 79.9. The van der Waals surface area contributed by atoms with Gasteiger partial charge >= 0.3 is 12.1 Å². The van der Waals surface area contributed by atoms with Crippen molar-refractivity contribution in [1.29, 1.82) is 5.41 Å². The van der Waals surface area contributed by atoms with Gasteiger partial charge in [-0.15, -0.1) is 0 Å². The fraction of sp³-hybridized carbons (Fsp3) is 0.333. The summed E-state index contributed by atoms with van der Waals surface area (Å²) in [4.78, 5) is 55.2. The minimum absolute atomic E-state index is 0.0212. The summed E-state index contributed by atoms with van der Waals surface area (Å²) in [6.45, 7) is 2.04. The number of nitrogens with zero attached hydrogens (tertiary/aromatic N) is 1. The van der Waals surface area contributed by atoms with Gasteiger partial charge in [-0.2, -0.15) is 0 Å². The fourth-order valence-corrected chi connectivity index (χ4v) is 4.79. The monoisotopic (exact) mass is 685 g/mol. The van der Waals surface area contributed by atoms with Crippen LogP contribution in [0.15, 0.2) is 58.2 Å². The van der Waals surface area contributed by atoms with Crippen molar-refractivity contribution < 1.29 is 33.5 Å². The van der Waals surface area contributed by atoms with Crippen LogP contribution < -0.4 is 22.1 Å². The van der Waals surface area contributed by atoms with Crippen LogP contribution in [0.3, 0.4) is 0 Å². The van der Waals surface area contributed by atoms with Crippen LogP contribution in [-0.2, 0) is 23.9 Å². The van der Waals surface area contributed by atoms with Gasteiger partial charge in [0, 0.05) is 29.4 Å². The third-order valence-electron chi connectivity index (χ3n) is 6.58. The normalized spacial score (nSPS) is 14.2. The molecule has 2 atom stereocenters. The molecule has 2 heterocycles. The van der Waals surface area contributed by atoms with E-state index in [2.05, 4.69) is 41.4 Å². The molecule has 0 bridgehead atoms. The van der Waals surface area contributed by atoms with Crippen LogP contribution in [0.1, 0.15) is 54.2 Å². The lowest BCUT2D eigenvalue weighted by molar-refractivity contribution is -0.143. The van der Waals surface area contributed by atoms with Gasteiger partial charge in [-0.3, -0.25) is 15.0 Å². The number of hydrogen-bond acceptors (Lipinski definition) is 9. The van der Waals surface area contributed by atoms with Gasteiger partial charge in [-0.25, -0.2) is 9.59 Å². The van der Waals surface area contributed by atoms with Gasteiger partial charge in [0.05, 0.1) is 30.3 Å². The number of H-pyrrole nitrogens is 1. The maximum atomic E-state index is 12.3. The summed E-state index contributed by atoms with van der Waals surface area (Å²) >= 11 is 3.32. The van der Waals surface area contributed by atoms with E-state index in [9.17, 15) is 19.2 Å². The van der Waals surface area contributed by atoms with Crippen molar-refractivity contribution in [3.05, 3.63) is 69.8 Å². The van der Waals surface area contributed by atoms with Gasteiger partial charge in [0.15, 0.2) is 0 Å². The Kier molecular flexibility index (Phi) is 12.9. The summed E-state index contributed by atoms with van der Waals surface area (Å²) in [7, 11) is 1.19. The van der Waals surface area contributed by atoms with Gasteiger partial charge < -0.3 is 41.4 Å². The minimum atomic E-state index is -1.07. The molecule has 0 radical (unpaired) electrons. The van der Waals surface area contributed by atoms with E-state index in [1.165, 1.54) is 7.11 Å². The number of esters is 1. The number of alkyl carbamates (subject to hydrolysis) is 1. The first-order valence-electron chi connectivity index (χ1n) is 14.0. The van der Waals surface area contributed by atoms with Crippen molar-refractivity contribution in [2.75, 3.05) is 20.3 Å². The summed E-state index contributed by atoms with van der Waals surface area (Å²) in [5, 5.41) is 17.4. The number of nitrogens with one attached hydrogen (secondary N) is 4. The zero-order valence-electron chi connectivity index (χ0n) is 24.9. The average Bonchev–Trinajstić information content (AvgIpc) is 3.63. The molecule has 0 saturated carbocycles. The first-order valence-corrected chi connectivity index (χ1v) is 14.8. The number of unbranched alkanes of at least 4 members (excludes halogenated alkanes) is 1. The van der Waals surface area contributed by atoms with Crippen LogP contribution in [-0.4, -0.2) is 72.8 Å². The number of ether oxygens (including phenoxy) is 2. The topological polar surface area (TPSA) is 224 Å². The molecular formula is C30H36BrN7O7. The molecule has 1 aromatic heterocycles. The number of amidine groups is 1. The molecule has 1 aliphatic heterocycles. The number of para-hydroxylation sites is 1. The zero-order valence-corrected chi connectivity index (χ0v) is 26.4. The number of aromatic amines is 1. The number of fused-ring (bicyclic) bond motifs is 1. The molecule has 8 N–H and O–H groups in total. The summed E-state index contributed by atoms with van der Waals surface area (Å²) in [6.07, 6.45) is 0.807. The Bertz CT molecular complexity index is 1560. The molecule has 0 saturated heterocycles. The number of carbonyl (C=O) groups excluding carboxylic acids is 4. The lowest BCUT2D eigenvalue weighted by atomic mass is 10.0. The molecule has 14 nitrogen and oxygen atoms in total. The molecule has 3 aromatic rings. The van der Waals surface area contributed by atoms with E-state index in [-0.39, 0.29) is 31.3 Å². The average molecular weight is 687 g/mol. The maximum Gasteiger partial charge on any atom is 0.407 e. The number of halogens is 1. The molecule has 3 amide bonds. The number of hydrogen-bond donors (Lipinski definition) is 6. The van der Waals surface area contributed by atoms with Crippen molar-refractivity contribution in [3.8, 4) is 0 Å². The Labute approximate surface area is 267 Å². The molecule has 2 aromatic carbocycles. The quantitative estimate of drug-likeness (QED) is 0.0717. The Morgan fingerprint density at radius 3 is 2.49 bits per heavy atom. The van der Waals surface area contributed by atoms with Gasteiger partial charge in [-0.05, 0) is 34.0 Å². The number of carbonyl (C=O) groups is 4. The maximum absolute atomic E-state index is 12.3. The Balaban J connectivity index is 0.000000350. The number of nitrogen functional groups attached to an aromatic ring is 1. The predicted molar refractivity (Wildman–Crippen MR) is 171 cm³/mol. The number of methoxy groups -OCH3 is 1. The Morgan fingerprint density at radius 2 is 1.87 bits per heavy atom. The van der Waals surface area contributed by atoms with Gasteiger partial charge in [0.1, 0.15) is 23.7 Å². The first-order chi connectivity index (χ1) is 21.5. The van der Waals surface area contributed by atoms with E-state index in [1.54, 1.807) is 24.3 Å². The number of aromatic nitrogens is 1. The van der Waals surface area contributed by atoms with E-state index >= 15 is 0 Å². The number of benzene rings is 2. The van der Waals surface area contributed by atoms with E-state index in [0.29, 0.717) is 29.8 Å². The summed E-state index contributed by atoms with van der Waals surface area (Å²) in [6, 6.07) is 13.5. The largest absolute Gasteiger partial charge is 0.467 e. The standard InChI is InChI=1S/C21H29N5O6.C9H7BrN2O/c1-3-4-9-31-21(29)25-17(20(28)30-2)12-24-18(27)11-15-10-16(26-32-15)13-5-7-14(8-6-13)19(22)23;10-7-5-3-1-2-4-6(5)12-8(7)9(11)13/h5-8,15,17H,3-4,9-12H2,1-2H3,(H3,22,23)(H,24,27)(H,25,29);1-4,12H,(H2,11,13).